The first kappa shape index (κ1) is 14.1. The zero-order valence-corrected chi connectivity index (χ0v) is 10.3. The van der Waals surface area contributed by atoms with Gasteiger partial charge in [0.2, 0.25) is 0 Å². The summed E-state index contributed by atoms with van der Waals surface area (Å²) in [5.74, 6) is -0.330. The Balaban J connectivity index is 2.90. The van der Waals surface area contributed by atoms with Crippen molar-refractivity contribution in [3.05, 3.63) is 39.4 Å². The number of nitrogens with one attached hydrogen (secondary N) is 1. The standard InChI is InChI=1S/C12H16N2O4/c1-3-9(7-15)13-12(16)11-5-4-10(14(17)18)6-8(11)2/h4-6,9,15H,3,7H2,1-2H3,(H,13,16). The molecule has 18 heavy (non-hydrogen) atoms. The molecule has 98 valence electrons. The molecular weight excluding hydrogens is 236 g/mol. The van der Waals surface area contributed by atoms with Crippen LogP contribution in [0.15, 0.2) is 18.2 Å². The SMILES string of the molecule is CCC(CO)NC(=O)c1ccc([N+](=O)[O-])cc1C. The number of hydrogen-bond donors (Lipinski definition) is 2. The third-order valence-electron chi connectivity index (χ3n) is 2.71. The first-order chi connectivity index (χ1) is 8.49. The Morgan fingerprint density at radius 2 is 2.22 bits per heavy atom. The minimum absolute atomic E-state index is 0.0433. The van der Waals surface area contributed by atoms with Gasteiger partial charge in [-0.2, -0.15) is 0 Å². The van der Waals surface area contributed by atoms with E-state index in [0.717, 1.165) is 0 Å². The molecule has 6 nitrogen and oxygen atoms in total. The zero-order chi connectivity index (χ0) is 13.7. The van der Waals surface area contributed by atoms with Gasteiger partial charge in [0.05, 0.1) is 17.6 Å². The Morgan fingerprint density at radius 1 is 1.56 bits per heavy atom. The topological polar surface area (TPSA) is 92.5 Å². The fourth-order valence-corrected chi connectivity index (χ4v) is 1.56. The van der Waals surface area contributed by atoms with Gasteiger partial charge in [-0.1, -0.05) is 6.92 Å². The van der Waals surface area contributed by atoms with E-state index in [1.807, 2.05) is 6.92 Å². The van der Waals surface area contributed by atoms with Gasteiger partial charge in [0.25, 0.3) is 11.6 Å². The van der Waals surface area contributed by atoms with Gasteiger partial charge in [-0.05, 0) is 25.0 Å². The highest BCUT2D eigenvalue weighted by molar-refractivity contribution is 5.96. The number of non-ortho nitro benzene ring substituents is 1. The number of benzene rings is 1. The lowest BCUT2D eigenvalue weighted by molar-refractivity contribution is -0.384. The van der Waals surface area contributed by atoms with E-state index in [-0.39, 0.29) is 24.2 Å². The van der Waals surface area contributed by atoms with E-state index in [9.17, 15) is 14.9 Å². The van der Waals surface area contributed by atoms with Crippen molar-refractivity contribution < 1.29 is 14.8 Å². The molecule has 0 spiro atoms. The van der Waals surface area contributed by atoms with Gasteiger partial charge in [-0.3, -0.25) is 14.9 Å². The van der Waals surface area contributed by atoms with Crippen molar-refractivity contribution in [2.24, 2.45) is 0 Å². The van der Waals surface area contributed by atoms with Crippen molar-refractivity contribution in [3.8, 4) is 0 Å². The number of carbonyl (C=O) groups is 1. The molecule has 0 aliphatic carbocycles. The molecular formula is C12H16N2O4. The summed E-state index contributed by atoms with van der Waals surface area (Å²) in [5, 5.41) is 22.2. The highest BCUT2D eigenvalue weighted by atomic mass is 16.6. The fraction of sp³-hybridized carbons (Fsp3) is 0.417. The molecule has 2 N–H and O–H groups in total. The first-order valence-electron chi connectivity index (χ1n) is 5.66. The molecule has 0 radical (unpaired) electrons. The van der Waals surface area contributed by atoms with Crippen LogP contribution in [-0.2, 0) is 0 Å². The van der Waals surface area contributed by atoms with Gasteiger partial charge in [0.15, 0.2) is 0 Å². The number of nitro benzene ring substituents is 1. The third kappa shape index (κ3) is 3.27. The molecule has 0 fully saturated rings. The second-order valence-electron chi connectivity index (χ2n) is 4.02. The molecule has 0 saturated carbocycles. The molecule has 1 unspecified atom stereocenters. The lowest BCUT2D eigenvalue weighted by atomic mass is 10.1. The average Bonchev–Trinajstić information content (AvgIpc) is 2.35. The van der Waals surface area contributed by atoms with Gasteiger partial charge in [0.1, 0.15) is 0 Å². The molecule has 0 heterocycles. The minimum Gasteiger partial charge on any atom is -0.394 e. The van der Waals surface area contributed by atoms with Crippen LogP contribution in [0.4, 0.5) is 5.69 Å². The Morgan fingerprint density at radius 3 is 2.67 bits per heavy atom. The summed E-state index contributed by atoms with van der Waals surface area (Å²) in [4.78, 5) is 22.0. The summed E-state index contributed by atoms with van der Waals surface area (Å²) in [5.41, 5.74) is 0.875. The van der Waals surface area contributed by atoms with E-state index in [1.165, 1.54) is 18.2 Å². The van der Waals surface area contributed by atoms with Crippen LogP contribution in [0.3, 0.4) is 0 Å². The number of hydrogen-bond acceptors (Lipinski definition) is 4. The van der Waals surface area contributed by atoms with E-state index >= 15 is 0 Å². The van der Waals surface area contributed by atoms with Crippen molar-refractivity contribution >= 4 is 11.6 Å². The van der Waals surface area contributed by atoms with Crippen molar-refractivity contribution in [1.29, 1.82) is 0 Å². The van der Waals surface area contributed by atoms with Crippen molar-refractivity contribution in [3.63, 3.8) is 0 Å². The summed E-state index contributed by atoms with van der Waals surface area (Å²) in [6.07, 6.45) is 0.619. The van der Waals surface area contributed by atoms with Crippen LogP contribution < -0.4 is 5.32 Å². The van der Waals surface area contributed by atoms with Crippen LogP contribution in [0.2, 0.25) is 0 Å². The molecule has 0 aliphatic heterocycles. The van der Waals surface area contributed by atoms with E-state index < -0.39 is 4.92 Å². The Kier molecular flexibility index (Phi) is 4.79. The van der Waals surface area contributed by atoms with Crippen LogP contribution in [0, 0.1) is 17.0 Å². The summed E-state index contributed by atoms with van der Waals surface area (Å²) in [6.45, 7) is 3.36. The van der Waals surface area contributed by atoms with Gasteiger partial charge in [-0.15, -0.1) is 0 Å². The Hall–Kier alpha value is -1.95. The number of carbonyl (C=O) groups excluding carboxylic acids is 1. The normalized spacial score (nSPS) is 11.9. The monoisotopic (exact) mass is 252 g/mol. The molecule has 1 aromatic carbocycles. The summed E-state index contributed by atoms with van der Waals surface area (Å²) in [7, 11) is 0. The maximum Gasteiger partial charge on any atom is 0.269 e. The molecule has 0 aromatic heterocycles. The van der Waals surface area contributed by atoms with Gasteiger partial charge >= 0.3 is 0 Å². The third-order valence-corrected chi connectivity index (χ3v) is 2.71. The summed E-state index contributed by atoms with van der Waals surface area (Å²) >= 11 is 0. The van der Waals surface area contributed by atoms with E-state index in [0.29, 0.717) is 17.5 Å². The number of aryl methyl sites for hydroxylation is 1. The number of aliphatic hydroxyl groups excluding tert-OH is 1. The number of aliphatic hydroxyl groups is 1. The predicted octanol–water partition coefficient (Wildman–Crippen LogP) is 1.40. The lowest BCUT2D eigenvalue weighted by Gasteiger charge is -2.14. The van der Waals surface area contributed by atoms with Crippen LogP contribution in [0.1, 0.15) is 29.3 Å². The molecule has 1 amide bonds. The minimum atomic E-state index is -0.503. The smallest absolute Gasteiger partial charge is 0.269 e. The second-order valence-corrected chi connectivity index (χ2v) is 4.02. The number of amides is 1. The van der Waals surface area contributed by atoms with Crippen LogP contribution in [0.5, 0.6) is 0 Å². The van der Waals surface area contributed by atoms with Gasteiger partial charge < -0.3 is 10.4 Å². The van der Waals surface area contributed by atoms with Crippen molar-refractivity contribution in [1.82, 2.24) is 5.32 Å². The van der Waals surface area contributed by atoms with Gasteiger partial charge in [-0.25, -0.2) is 0 Å². The zero-order valence-electron chi connectivity index (χ0n) is 10.3. The number of rotatable bonds is 5. The van der Waals surface area contributed by atoms with E-state index in [4.69, 9.17) is 5.11 Å². The van der Waals surface area contributed by atoms with Crippen LogP contribution >= 0.6 is 0 Å². The quantitative estimate of drug-likeness (QED) is 0.612. The van der Waals surface area contributed by atoms with E-state index in [2.05, 4.69) is 5.32 Å². The van der Waals surface area contributed by atoms with E-state index in [1.54, 1.807) is 6.92 Å². The highest BCUT2D eigenvalue weighted by Gasteiger charge is 2.15. The van der Waals surface area contributed by atoms with Crippen molar-refractivity contribution in [2.75, 3.05) is 6.61 Å². The molecule has 0 bridgehead atoms. The molecule has 1 atom stereocenters. The first-order valence-corrected chi connectivity index (χ1v) is 5.66. The molecule has 6 heteroatoms. The van der Waals surface area contributed by atoms with Crippen LogP contribution in [-0.4, -0.2) is 28.6 Å². The lowest BCUT2D eigenvalue weighted by Crippen LogP contribution is -2.37. The molecule has 1 rings (SSSR count). The second kappa shape index (κ2) is 6.11. The van der Waals surface area contributed by atoms with Crippen LogP contribution in [0.25, 0.3) is 0 Å². The Labute approximate surface area is 105 Å². The maximum absolute atomic E-state index is 11.9. The Bertz CT molecular complexity index is 455. The molecule has 0 saturated heterocycles. The fourth-order valence-electron chi connectivity index (χ4n) is 1.56. The summed E-state index contributed by atoms with van der Waals surface area (Å²) in [6, 6.07) is 3.77. The predicted molar refractivity (Wildman–Crippen MR) is 66.5 cm³/mol. The highest BCUT2D eigenvalue weighted by Crippen LogP contribution is 2.17. The van der Waals surface area contributed by atoms with Crippen molar-refractivity contribution in [2.45, 2.75) is 26.3 Å². The van der Waals surface area contributed by atoms with Gasteiger partial charge in [0, 0.05) is 17.7 Å². The molecule has 0 aliphatic rings. The number of nitro groups is 1. The largest absolute Gasteiger partial charge is 0.394 e. The number of nitrogens with zero attached hydrogens (tertiary/aromatic N) is 1. The average molecular weight is 252 g/mol. The molecule has 1 aromatic rings. The summed E-state index contributed by atoms with van der Waals surface area (Å²) < 4.78 is 0. The maximum atomic E-state index is 11.9.